The van der Waals surface area contributed by atoms with Gasteiger partial charge in [0.25, 0.3) is 0 Å². The second-order valence-electron chi connectivity index (χ2n) is 6.03. The maximum atomic E-state index is 9.56. The fourth-order valence-electron chi connectivity index (χ4n) is 3.41. The van der Waals surface area contributed by atoms with Gasteiger partial charge in [-0.1, -0.05) is 18.2 Å². The molecular formula is C17H24N2O. The third-order valence-corrected chi connectivity index (χ3v) is 4.76. The van der Waals surface area contributed by atoms with Crippen molar-refractivity contribution in [2.24, 2.45) is 7.05 Å². The van der Waals surface area contributed by atoms with E-state index in [2.05, 4.69) is 48.1 Å². The SMILES string of the molecule is Cc1c(CNC2CCC(O)CC2)n(C)c2ccccc12. The predicted octanol–water partition coefficient (Wildman–Crippen LogP) is 2.88. The Kier molecular flexibility index (Phi) is 3.81. The van der Waals surface area contributed by atoms with Gasteiger partial charge in [-0.3, -0.25) is 0 Å². The quantitative estimate of drug-likeness (QED) is 0.901. The Bertz CT molecular complexity index is 555. The first-order chi connectivity index (χ1) is 9.66. The van der Waals surface area contributed by atoms with Gasteiger partial charge in [0, 0.05) is 36.2 Å². The Hall–Kier alpha value is -1.32. The normalized spacial score (nSPS) is 23.4. The summed E-state index contributed by atoms with van der Waals surface area (Å²) in [5, 5.41) is 14.6. The molecule has 108 valence electrons. The summed E-state index contributed by atoms with van der Waals surface area (Å²) in [7, 11) is 2.15. The molecule has 2 N–H and O–H groups in total. The summed E-state index contributed by atoms with van der Waals surface area (Å²) in [5.41, 5.74) is 4.06. The van der Waals surface area contributed by atoms with Gasteiger partial charge in [-0.25, -0.2) is 0 Å². The molecule has 1 aromatic heterocycles. The summed E-state index contributed by atoms with van der Waals surface area (Å²) >= 11 is 0. The number of aliphatic hydroxyl groups is 1. The number of nitrogens with one attached hydrogen (secondary N) is 1. The summed E-state index contributed by atoms with van der Waals surface area (Å²) < 4.78 is 2.30. The van der Waals surface area contributed by atoms with E-state index >= 15 is 0 Å². The number of aryl methyl sites for hydroxylation is 2. The molecule has 3 nitrogen and oxygen atoms in total. The highest BCUT2D eigenvalue weighted by Gasteiger charge is 2.19. The molecule has 0 unspecified atom stereocenters. The first kappa shape index (κ1) is 13.7. The second kappa shape index (κ2) is 5.58. The van der Waals surface area contributed by atoms with Crippen molar-refractivity contribution in [3.63, 3.8) is 0 Å². The lowest BCUT2D eigenvalue weighted by atomic mass is 9.93. The largest absolute Gasteiger partial charge is 0.393 e. The van der Waals surface area contributed by atoms with Crippen LogP contribution in [0.4, 0.5) is 0 Å². The third kappa shape index (κ3) is 2.48. The van der Waals surface area contributed by atoms with Crippen molar-refractivity contribution in [2.75, 3.05) is 0 Å². The molecule has 1 aromatic carbocycles. The lowest BCUT2D eigenvalue weighted by Crippen LogP contribution is -2.34. The molecule has 20 heavy (non-hydrogen) atoms. The monoisotopic (exact) mass is 272 g/mol. The van der Waals surface area contributed by atoms with Crippen molar-refractivity contribution in [1.29, 1.82) is 0 Å². The standard InChI is InChI=1S/C17H24N2O/c1-12-15-5-3-4-6-16(15)19(2)17(12)11-18-13-7-9-14(20)10-8-13/h3-6,13-14,18,20H,7-11H2,1-2H3. The summed E-state index contributed by atoms with van der Waals surface area (Å²) in [6, 6.07) is 9.14. The highest BCUT2D eigenvalue weighted by atomic mass is 16.3. The summed E-state index contributed by atoms with van der Waals surface area (Å²) in [4.78, 5) is 0. The maximum absolute atomic E-state index is 9.56. The van der Waals surface area contributed by atoms with Crippen LogP contribution in [0, 0.1) is 6.92 Å². The van der Waals surface area contributed by atoms with Crippen LogP contribution in [0.1, 0.15) is 36.9 Å². The van der Waals surface area contributed by atoms with Crippen molar-refractivity contribution >= 4 is 10.9 Å². The van der Waals surface area contributed by atoms with Gasteiger partial charge in [0.15, 0.2) is 0 Å². The molecule has 0 bridgehead atoms. The van der Waals surface area contributed by atoms with Gasteiger partial charge in [-0.15, -0.1) is 0 Å². The minimum Gasteiger partial charge on any atom is -0.393 e. The van der Waals surface area contributed by atoms with Crippen LogP contribution in [0.15, 0.2) is 24.3 Å². The highest BCUT2D eigenvalue weighted by Crippen LogP contribution is 2.25. The highest BCUT2D eigenvalue weighted by molar-refractivity contribution is 5.85. The van der Waals surface area contributed by atoms with E-state index in [4.69, 9.17) is 0 Å². The van der Waals surface area contributed by atoms with E-state index in [0.29, 0.717) is 6.04 Å². The summed E-state index contributed by atoms with van der Waals surface area (Å²) in [6.45, 7) is 3.13. The van der Waals surface area contributed by atoms with E-state index in [1.165, 1.54) is 22.2 Å². The zero-order chi connectivity index (χ0) is 14.1. The Labute approximate surface area is 120 Å². The molecular weight excluding hydrogens is 248 g/mol. The van der Waals surface area contributed by atoms with Crippen molar-refractivity contribution in [1.82, 2.24) is 9.88 Å². The second-order valence-corrected chi connectivity index (χ2v) is 6.03. The molecule has 3 rings (SSSR count). The maximum Gasteiger partial charge on any atom is 0.0541 e. The van der Waals surface area contributed by atoms with Gasteiger partial charge in [-0.05, 0) is 44.2 Å². The molecule has 0 atom stereocenters. The number of hydrogen-bond acceptors (Lipinski definition) is 2. The van der Waals surface area contributed by atoms with Gasteiger partial charge < -0.3 is 15.0 Å². The zero-order valence-corrected chi connectivity index (χ0v) is 12.4. The van der Waals surface area contributed by atoms with Crippen LogP contribution in [0.5, 0.6) is 0 Å². The first-order valence-electron chi connectivity index (χ1n) is 7.61. The average Bonchev–Trinajstić information content (AvgIpc) is 2.71. The van der Waals surface area contributed by atoms with Crippen molar-refractivity contribution in [2.45, 2.75) is 51.3 Å². The number of hydrogen-bond donors (Lipinski definition) is 2. The molecule has 1 heterocycles. The van der Waals surface area contributed by atoms with E-state index < -0.39 is 0 Å². The molecule has 0 aliphatic heterocycles. The van der Waals surface area contributed by atoms with Crippen molar-refractivity contribution < 1.29 is 5.11 Å². The number of rotatable bonds is 3. The number of fused-ring (bicyclic) bond motifs is 1. The predicted molar refractivity (Wildman–Crippen MR) is 82.8 cm³/mol. The smallest absolute Gasteiger partial charge is 0.0541 e. The molecule has 3 heteroatoms. The fraction of sp³-hybridized carbons (Fsp3) is 0.529. The number of benzene rings is 1. The van der Waals surface area contributed by atoms with Crippen LogP contribution < -0.4 is 5.32 Å². The molecule has 2 aromatic rings. The zero-order valence-electron chi connectivity index (χ0n) is 12.4. The van der Waals surface area contributed by atoms with Crippen LogP contribution >= 0.6 is 0 Å². The topological polar surface area (TPSA) is 37.2 Å². The minimum atomic E-state index is -0.0765. The lowest BCUT2D eigenvalue weighted by molar-refractivity contribution is 0.116. The van der Waals surface area contributed by atoms with E-state index in [1.807, 2.05) is 0 Å². The Morgan fingerprint density at radius 3 is 2.60 bits per heavy atom. The molecule has 0 spiro atoms. The van der Waals surface area contributed by atoms with Crippen molar-refractivity contribution in [3.05, 3.63) is 35.5 Å². The molecule has 0 radical (unpaired) electrons. The third-order valence-electron chi connectivity index (χ3n) is 4.76. The molecule has 1 aliphatic rings. The fourth-order valence-corrected chi connectivity index (χ4v) is 3.41. The van der Waals surface area contributed by atoms with Gasteiger partial charge in [0.1, 0.15) is 0 Å². The molecule has 0 amide bonds. The molecule has 0 saturated heterocycles. The first-order valence-corrected chi connectivity index (χ1v) is 7.61. The lowest BCUT2D eigenvalue weighted by Gasteiger charge is -2.26. The minimum absolute atomic E-state index is 0.0765. The number of para-hydroxylation sites is 1. The van der Waals surface area contributed by atoms with Crippen molar-refractivity contribution in [3.8, 4) is 0 Å². The summed E-state index contributed by atoms with van der Waals surface area (Å²) in [5.74, 6) is 0. The van der Waals surface area contributed by atoms with Crippen LogP contribution in [-0.2, 0) is 13.6 Å². The van der Waals surface area contributed by atoms with Gasteiger partial charge >= 0.3 is 0 Å². The van der Waals surface area contributed by atoms with Crippen LogP contribution in [-0.4, -0.2) is 21.8 Å². The number of aromatic nitrogens is 1. The van der Waals surface area contributed by atoms with E-state index in [0.717, 1.165) is 32.2 Å². The summed E-state index contributed by atoms with van der Waals surface area (Å²) in [6.07, 6.45) is 3.97. The molecule has 1 saturated carbocycles. The number of nitrogens with zero attached hydrogens (tertiary/aromatic N) is 1. The average molecular weight is 272 g/mol. The van der Waals surface area contributed by atoms with Crippen LogP contribution in [0.3, 0.4) is 0 Å². The molecule has 1 fully saturated rings. The van der Waals surface area contributed by atoms with Gasteiger partial charge in [0.05, 0.1) is 6.10 Å². The Balaban J connectivity index is 1.74. The van der Waals surface area contributed by atoms with Gasteiger partial charge in [-0.2, -0.15) is 0 Å². The number of aliphatic hydroxyl groups excluding tert-OH is 1. The molecule has 1 aliphatic carbocycles. The Morgan fingerprint density at radius 1 is 1.20 bits per heavy atom. The van der Waals surface area contributed by atoms with E-state index in [1.54, 1.807) is 0 Å². The van der Waals surface area contributed by atoms with Gasteiger partial charge in [0.2, 0.25) is 0 Å². The Morgan fingerprint density at radius 2 is 1.90 bits per heavy atom. The van der Waals surface area contributed by atoms with E-state index in [-0.39, 0.29) is 6.10 Å². The van der Waals surface area contributed by atoms with Crippen LogP contribution in [0.25, 0.3) is 10.9 Å². The van der Waals surface area contributed by atoms with Crippen LogP contribution in [0.2, 0.25) is 0 Å². The van der Waals surface area contributed by atoms with E-state index in [9.17, 15) is 5.11 Å².